The van der Waals surface area contributed by atoms with E-state index < -0.39 is 0 Å². The summed E-state index contributed by atoms with van der Waals surface area (Å²) in [5.41, 5.74) is 6.59. The molecular formula is C29H35N3O2. The lowest BCUT2D eigenvalue weighted by Gasteiger charge is -2.34. The van der Waals surface area contributed by atoms with Crippen LogP contribution >= 0.6 is 0 Å². The van der Waals surface area contributed by atoms with Gasteiger partial charge in [0.25, 0.3) is 0 Å². The van der Waals surface area contributed by atoms with Gasteiger partial charge in [-0.15, -0.1) is 15.0 Å². The summed E-state index contributed by atoms with van der Waals surface area (Å²) in [6.45, 7) is 15.1. The lowest BCUT2D eigenvalue weighted by molar-refractivity contribution is 0.278. The van der Waals surface area contributed by atoms with Crippen LogP contribution in [0.2, 0.25) is 0 Å². The van der Waals surface area contributed by atoms with Gasteiger partial charge in [0.2, 0.25) is 0 Å². The molecule has 0 aliphatic carbocycles. The fraction of sp³-hybridized carbons (Fsp3) is 0.379. The zero-order valence-corrected chi connectivity index (χ0v) is 21.3. The van der Waals surface area contributed by atoms with E-state index >= 15 is 0 Å². The Labute approximate surface area is 202 Å². The van der Waals surface area contributed by atoms with Crippen molar-refractivity contribution in [2.24, 2.45) is 5.41 Å². The van der Waals surface area contributed by atoms with E-state index in [1.54, 1.807) is 0 Å². The molecule has 1 aromatic heterocycles. The molecule has 2 N–H and O–H groups in total. The zero-order chi connectivity index (χ0) is 24.8. The van der Waals surface area contributed by atoms with E-state index in [0.29, 0.717) is 17.9 Å². The number of nitrogens with zero attached hydrogens (tertiary/aromatic N) is 3. The first kappa shape index (κ1) is 23.8. The van der Waals surface area contributed by atoms with Gasteiger partial charge in [0.15, 0.2) is 0 Å². The first-order valence-electron chi connectivity index (χ1n) is 11.8. The Morgan fingerprint density at radius 2 is 1.29 bits per heavy atom. The van der Waals surface area contributed by atoms with Crippen molar-refractivity contribution in [3.8, 4) is 17.2 Å². The molecule has 1 heterocycles. The molecule has 0 atom stereocenters. The van der Waals surface area contributed by atoms with E-state index in [9.17, 15) is 10.2 Å². The Hall–Kier alpha value is -3.34. The van der Waals surface area contributed by atoms with Crippen molar-refractivity contribution in [1.29, 1.82) is 0 Å². The average molecular weight is 458 g/mol. The van der Waals surface area contributed by atoms with Crippen molar-refractivity contribution in [2.45, 2.75) is 66.7 Å². The highest BCUT2D eigenvalue weighted by Crippen LogP contribution is 2.42. The third-order valence-electron chi connectivity index (χ3n) is 6.23. The van der Waals surface area contributed by atoms with Gasteiger partial charge in [-0.3, -0.25) is 0 Å². The second-order valence-electron chi connectivity index (χ2n) is 11.4. The summed E-state index contributed by atoms with van der Waals surface area (Å²) in [5, 5.41) is 31.6. The SMILES string of the molecule is Cc1cc(Cc2cc(C)cc(C(C)(C)CC(C)(C)C)c2O)c(O)c(-n2nc3ccccc3n2)c1. The Bertz CT molecular complexity index is 1330. The molecule has 0 bridgehead atoms. The van der Waals surface area contributed by atoms with Crippen molar-refractivity contribution in [3.63, 3.8) is 0 Å². The van der Waals surface area contributed by atoms with Gasteiger partial charge in [-0.05, 0) is 60.4 Å². The molecule has 0 fully saturated rings. The minimum Gasteiger partial charge on any atom is -0.507 e. The number of hydrogen-bond acceptors (Lipinski definition) is 4. The van der Waals surface area contributed by atoms with Gasteiger partial charge < -0.3 is 10.2 Å². The number of aromatic nitrogens is 3. The summed E-state index contributed by atoms with van der Waals surface area (Å²) >= 11 is 0. The van der Waals surface area contributed by atoms with Crippen LogP contribution in [0.4, 0.5) is 0 Å². The Balaban J connectivity index is 1.77. The van der Waals surface area contributed by atoms with Gasteiger partial charge in [-0.2, -0.15) is 0 Å². The smallest absolute Gasteiger partial charge is 0.146 e. The number of aryl methyl sites for hydroxylation is 2. The third kappa shape index (κ3) is 4.79. The molecule has 5 heteroatoms. The summed E-state index contributed by atoms with van der Waals surface area (Å²) in [6.07, 6.45) is 1.35. The van der Waals surface area contributed by atoms with Crippen LogP contribution in [-0.4, -0.2) is 25.2 Å². The summed E-state index contributed by atoms with van der Waals surface area (Å²) in [6, 6.07) is 15.6. The molecule has 0 aliphatic rings. The third-order valence-corrected chi connectivity index (χ3v) is 6.23. The zero-order valence-electron chi connectivity index (χ0n) is 21.3. The molecule has 0 saturated heterocycles. The summed E-state index contributed by atoms with van der Waals surface area (Å²) in [4.78, 5) is 1.49. The molecule has 4 aromatic rings. The van der Waals surface area contributed by atoms with Gasteiger partial charge in [0, 0.05) is 17.5 Å². The summed E-state index contributed by atoms with van der Waals surface area (Å²) in [7, 11) is 0. The maximum absolute atomic E-state index is 11.3. The molecule has 3 aromatic carbocycles. The molecule has 34 heavy (non-hydrogen) atoms. The number of phenolic OH excluding ortho intramolecular Hbond substituents is 2. The van der Waals surface area contributed by atoms with Crippen molar-refractivity contribution in [3.05, 3.63) is 76.3 Å². The van der Waals surface area contributed by atoms with E-state index in [-0.39, 0.29) is 16.6 Å². The van der Waals surface area contributed by atoms with Crippen LogP contribution in [0.1, 0.15) is 68.9 Å². The van der Waals surface area contributed by atoms with Gasteiger partial charge in [0.05, 0.1) is 0 Å². The Kier molecular flexibility index (Phi) is 5.92. The predicted octanol–water partition coefficient (Wildman–Crippen LogP) is 6.75. The van der Waals surface area contributed by atoms with Crippen molar-refractivity contribution < 1.29 is 10.2 Å². The van der Waals surface area contributed by atoms with Crippen molar-refractivity contribution in [2.75, 3.05) is 0 Å². The number of phenols is 2. The van der Waals surface area contributed by atoms with Crippen LogP contribution in [0.3, 0.4) is 0 Å². The van der Waals surface area contributed by atoms with Gasteiger partial charge in [-0.25, -0.2) is 0 Å². The lowest BCUT2D eigenvalue weighted by Crippen LogP contribution is -2.25. The molecule has 0 radical (unpaired) electrons. The van der Waals surface area contributed by atoms with E-state index in [4.69, 9.17) is 0 Å². The number of fused-ring (bicyclic) bond motifs is 1. The fourth-order valence-corrected chi connectivity index (χ4v) is 5.22. The highest BCUT2D eigenvalue weighted by molar-refractivity contribution is 5.73. The predicted molar refractivity (Wildman–Crippen MR) is 138 cm³/mol. The summed E-state index contributed by atoms with van der Waals surface area (Å²) < 4.78 is 0. The van der Waals surface area contributed by atoms with Crippen molar-refractivity contribution in [1.82, 2.24) is 15.0 Å². The molecule has 0 aliphatic heterocycles. The van der Waals surface area contributed by atoms with Crippen LogP contribution in [0.15, 0.2) is 48.5 Å². The van der Waals surface area contributed by atoms with Crippen molar-refractivity contribution >= 4 is 11.0 Å². The molecule has 4 rings (SSSR count). The minimum atomic E-state index is -0.192. The largest absolute Gasteiger partial charge is 0.507 e. The molecule has 0 saturated carbocycles. The standard InChI is InChI=1S/C29H35N3O2/c1-18-12-20(26(33)22(14-18)29(6,7)17-28(3,4)5)16-21-13-19(2)15-25(27(21)34)32-30-23-10-8-9-11-24(23)31-32/h8-15,33-34H,16-17H2,1-7H3. The lowest BCUT2D eigenvalue weighted by atomic mass is 9.71. The van der Waals surface area contributed by atoms with E-state index in [2.05, 4.69) is 57.8 Å². The second kappa shape index (κ2) is 8.46. The second-order valence-corrected chi connectivity index (χ2v) is 11.4. The van der Waals surface area contributed by atoms with Crippen LogP contribution in [0.5, 0.6) is 11.5 Å². The normalized spacial score (nSPS) is 12.4. The van der Waals surface area contributed by atoms with E-state index in [1.165, 1.54) is 4.80 Å². The van der Waals surface area contributed by atoms with Gasteiger partial charge >= 0.3 is 0 Å². The highest BCUT2D eigenvalue weighted by atomic mass is 16.3. The summed E-state index contributed by atoms with van der Waals surface area (Å²) in [5.74, 6) is 0.438. The van der Waals surface area contributed by atoms with Gasteiger partial charge in [0.1, 0.15) is 28.2 Å². The maximum atomic E-state index is 11.3. The van der Waals surface area contributed by atoms with E-state index in [0.717, 1.165) is 45.3 Å². The quantitative estimate of drug-likeness (QED) is 0.348. The molecule has 0 unspecified atom stereocenters. The molecule has 0 spiro atoms. The maximum Gasteiger partial charge on any atom is 0.146 e. The molecule has 0 amide bonds. The van der Waals surface area contributed by atoms with Gasteiger partial charge in [-0.1, -0.05) is 70.5 Å². The Morgan fingerprint density at radius 3 is 1.85 bits per heavy atom. The first-order valence-corrected chi connectivity index (χ1v) is 11.8. The number of aromatic hydroxyl groups is 2. The Morgan fingerprint density at radius 1 is 0.765 bits per heavy atom. The minimum absolute atomic E-state index is 0.127. The molecular weight excluding hydrogens is 422 g/mol. The molecule has 178 valence electrons. The number of hydrogen-bond donors (Lipinski definition) is 2. The van der Waals surface area contributed by atoms with Crippen LogP contribution in [-0.2, 0) is 11.8 Å². The topological polar surface area (TPSA) is 71.2 Å². The monoisotopic (exact) mass is 457 g/mol. The fourth-order valence-electron chi connectivity index (χ4n) is 5.22. The van der Waals surface area contributed by atoms with Crippen LogP contribution in [0, 0.1) is 19.3 Å². The number of rotatable bonds is 5. The van der Waals surface area contributed by atoms with Crippen LogP contribution < -0.4 is 0 Å². The first-order chi connectivity index (χ1) is 15.8. The highest BCUT2D eigenvalue weighted by Gasteiger charge is 2.30. The average Bonchev–Trinajstić information content (AvgIpc) is 3.15. The van der Waals surface area contributed by atoms with Crippen LogP contribution in [0.25, 0.3) is 16.7 Å². The van der Waals surface area contributed by atoms with E-state index in [1.807, 2.05) is 49.4 Å². The molecule has 5 nitrogen and oxygen atoms in total. The number of benzene rings is 3.